The van der Waals surface area contributed by atoms with Crippen molar-refractivity contribution in [3.63, 3.8) is 0 Å². The number of piperidine rings is 1. The van der Waals surface area contributed by atoms with E-state index in [-0.39, 0.29) is 5.92 Å². The van der Waals surface area contributed by atoms with Crippen molar-refractivity contribution in [2.75, 3.05) is 45.0 Å². The van der Waals surface area contributed by atoms with Crippen LogP contribution in [0.4, 0.5) is 5.82 Å². The number of hydrogen-bond acceptors (Lipinski definition) is 6. The molecule has 2 aliphatic rings. The third-order valence-electron chi connectivity index (χ3n) is 6.06. The summed E-state index contributed by atoms with van der Waals surface area (Å²) >= 11 is 1.82. The van der Waals surface area contributed by atoms with Gasteiger partial charge in [-0.15, -0.1) is 0 Å². The minimum Gasteiger partial charge on any atom is -0.384 e. The van der Waals surface area contributed by atoms with Crippen molar-refractivity contribution >= 4 is 23.7 Å². The maximum atomic E-state index is 13.0. The Morgan fingerprint density at radius 1 is 1.10 bits per heavy atom. The van der Waals surface area contributed by atoms with Crippen LogP contribution in [0.2, 0.25) is 0 Å². The number of pyridine rings is 1. The zero-order valence-corrected chi connectivity index (χ0v) is 18.5. The Morgan fingerprint density at radius 3 is 2.53 bits per heavy atom. The van der Waals surface area contributed by atoms with Crippen LogP contribution < -0.4 is 5.73 Å². The fourth-order valence-electron chi connectivity index (χ4n) is 4.24. The summed E-state index contributed by atoms with van der Waals surface area (Å²) in [7, 11) is 0. The molecule has 2 aliphatic heterocycles. The highest BCUT2D eigenvalue weighted by Crippen LogP contribution is 2.28. The summed E-state index contributed by atoms with van der Waals surface area (Å²) in [6.45, 7) is 8.45. The maximum absolute atomic E-state index is 13.0. The van der Waals surface area contributed by atoms with Crippen molar-refractivity contribution in [1.29, 1.82) is 0 Å². The van der Waals surface area contributed by atoms with Gasteiger partial charge in [0.15, 0.2) is 0 Å². The molecule has 4 rings (SSSR count). The average Bonchev–Trinajstić information content (AvgIpc) is 2.76. The summed E-state index contributed by atoms with van der Waals surface area (Å²) < 4.78 is 2.38. The Kier molecular flexibility index (Phi) is 6.92. The largest absolute Gasteiger partial charge is 0.384 e. The number of carbonyl (C=O) groups is 1. The number of piperazine rings is 1. The first kappa shape index (κ1) is 21.2. The van der Waals surface area contributed by atoms with Crippen LogP contribution in [0.25, 0.3) is 0 Å². The Labute approximate surface area is 183 Å². The Balaban J connectivity index is 1.22. The molecule has 6 nitrogen and oxygen atoms in total. The van der Waals surface area contributed by atoms with Gasteiger partial charge in [0.25, 0.3) is 0 Å². The van der Waals surface area contributed by atoms with E-state index in [9.17, 15) is 4.79 Å². The lowest BCUT2D eigenvalue weighted by molar-refractivity contribution is -0.138. The summed E-state index contributed by atoms with van der Waals surface area (Å²) in [5.74, 6) is 1.08. The predicted molar refractivity (Wildman–Crippen MR) is 122 cm³/mol. The first-order chi connectivity index (χ1) is 14.6. The van der Waals surface area contributed by atoms with Crippen LogP contribution in [0.15, 0.2) is 47.5 Å². The van der Waals surface area contributed by atoms with E-state index in [1.807, 2.05) is 24.1 Å². The number of aryl methyl sites for hydroxylation is 1. The van der Waals surface area contributed by atoms with Crippen molar-refractivity contribution in [2.24, 2.45) is 5.92 Å². The molecule has 160 valence electrons. The number of nitrogen functional groups attached to an aromatic ring is 1. The first-order valence-corrected chi connectivity index (χ1v) is 11.6. The molecule has 1 amide bonds. The number of carbonyl (C=O) groups excluding carboxylic acids is 1. The molecule has 1 aromatic carbocycles. The lowest BCUT2D eigenvalue weighted by Crippen LogP contribution is -2.50. The van der Waals surface area contributed by atoms with Crippen molar-refractivity contribution < 1.29 is 4.79 Å². The van der Waals surface area contributed by atoms with Gasteiger partial charge in [-0.2, -0.15) is 0 Å². The summed E-state index contributed by atoms with van der Waals surface area (Å²) in [4.78, 5) is 22.9. The Bertz CT molecular complexity index is 860. The second-order valence-corrected chi connectivity index (χ2v) is 9.39. The van der Waals surface area contributed by atoms with Crippen molar-refractivity contribution in [1.82, 2.24) is 19.1 Å². The third-order valence-corrected chi connectivity index (χ3v) is 7.34. The number of benzene rings is 1. The van der Waals surface area contributed by atoms with Crippen LogP contribution in [0.3, 0.4) is 0 Å². The zero-order chi connectivity index (χ0) is 20.9. The third kappa shape index (κ3) is 5.33. The van der Waals surface area contributed by atoms with Gasteiger partial charge in [0, 0.05) is 49.7 Å². The molecule has 3 heterocycles. The molecular formula is C23H31N5OS. The van der Waals surface area contributed by atoms with E-state index in [1.165, 1.54) is 16.0 Å². The van der Waals surface area contributed by atoms with Gasteiger partial charge in [0.2, 0.25) is 5.91 Å². The number of nitrogens with zero attached hydrogens (tertiary/aromatic N) is 4. The quantitative estimate of drug-likeness (QED) is 0.743. The highest BCUT2D eigenvalue weighted by Gasteiger charge is 2.30. The van der Waals surface area contributed by atoms with Gasteiger partial charge in [-0.25, -0.2) is 9.29 Å². The molecule has 0 spiro atoms. The van der Waals surface area contributed by atoms with Gasteiger partial charge in [0.05, 0.1) is 0 Å². The number of nitrogens with two attached hydrogens (primary N) is 1. The smallest absolute Gasteiger partial charge is 0.225 e. The molecule has 0 radical (unpaired) electrons. The van der Waals surface area contributed by atoms with E-state index in [0.29, 0.717) is 11.7 Å². The summed E-state index contributed by atoms with van der Waals surface area (Å²) in [6, 6.07) is 12.4. The Hall–Kier alpha value is -2.09. The SMILES string of the molecule is Cc1ccccc1SN1CCN(C(=O)C2CCN(Cc3ccnc(N)c3)CC2)CC1. The van der Waals surface area contributed by atoms with Gasteiger partial charge in [-0.05, 0) is 74.1 Å². The lowest BCUT2D eigenvalue weighted by Gasteiger charge is -2.38. The van der Waals surface area contributed by atoms with Gasteiger partial charge >= 0.3 is 0 Å². The van der Waals surface area contributed by atoms with E-state index in [1.54, 1.807) is 6.20 Å². The zero-order valence-electron chi connectivity index (χ0n) is 17.7. The van der Waals surface area contributed by atoms with E-state index in [4.69, 9.17) is 5.73 Å². The fraction of sp³-hybridized carbons (Fsp3) is 0.478. The summed E-state index contributed by atoms with van der Waals surface area (Å²) in [5, 5.41) is 0. The number of amides is 1. The number of hydrogen-bond donors (Lipinski definition) is 1. The first-order valence-electron chi connectivity index (χ1n) is 10.8. The van der Waals surface area contributed by atoms with Crippen LogP contribution in [-0.4, -0.2) is 64.3 Å². The van der Waals surface area contributed by atoms with Crippen LogP contribution in [0.5, 0.6) is 0 Å². The normalized spacial score (nSPS) is 19.2. The summed E-state index contributed by atoms with van der Waals surface area (Å²) in [6.07, 6.45) is 3.65. The molecule has 0 bridgehead atoms. The van der Waals surface area contributed by atoms with E-state index in [0.717, 1.165) is 58.7 Å². The van der Waals surface area contributed by atoms with Crippen LogP contribution in [-0.2, 0) is 11.3 Å². The summed E-state index contributed by atoms with van der Waals surface area (Å²) in [5.41, 5.74) is 8.28. The van der Waals surface area contributed by atoms with Crippen molar-refractivity contribution in [2.45, 2.75) is 31.2 Å². The Morgan fingerprint density at radius 2 is 1.83 bits per heavy atom. The van der Waals surface area contributed by atoms with Gasteiger partial charge in [-0.3, -0.25) is 9.69 Å². The average molecular weight is 426 g/mol. The van der Waals surface area contributed by atoms with Crippen LogP contribution in [0, 0.1) is 12.8 Å². The minimum absolute atomic E-state index is 0.166. The topological polar surface area (TPSA) is 65.7 Å². The minimum atomic E-state index is 0.166. The number of likely N-dealkylation sites (tertiary alicyclic amines) is 1. The number of aromatic nitrogens is 1. The molecule has 0 aliphatic carbocycles. The maximum Gasteiger partial charge on any atom is 0.225 e. The van der Waals surface area contributed by atoms with Crippen molar-refractivity contribution in [3.8, 4) is 0 Å². The highest BCUT2D eigenvalue weighted by atomic mass is 32.2. The molecule has 2 aromatic rings. The molecule has 7 heteroatoms. The molecule has 2 N–H and O–H groups in total. The molecular weight excluding hydrogens is 394 g/mol. The molecule has 1 aromatic heterocycles. The lowest BCUT2D eigenvalue weighted by atomic mass is 9.94. The van der Waals surface area contributed by atoms with Gasteiger partial charge < -0.3 is 10.6 Å². The second-order valence-electron chi connectivity index (χ2n) is 8.25. The fourth-order valence-corrected chi connectivity index (χ4v) is 5.22. The van der Waals surface area contributed by atoms with Gasteiger partial charge in [-0.1, -0.05) is 18.2 Å². The molecule has 2 saturated heterocycles. The molecule has 0 saturated carbocycles. The van der Waals surface area contributed by atoms with E-state index in [2.05, 4.69) is 50.3 Å². The van der Waals surface area contributed by atoms with Gasteiger partial charge in [0.1, 0.15) is 5.82 Å². The molecule has 30 heavy (non-hydrogen) atoms. The van der Waals surface area contributed by atoms with E-state index < -0.39 is 0 Å². The van der Waals surface area contributed by atoms with Crippen molar-refractivity contribution in [3.05, 3.63) is 53.7 Å². The highest BCUT2D eigenvalue weighted by molar-refractivity contribution is 7.97. The predicted octanol–water partition coefficient (Wildman–Crippen LogP) is 3.04. The number of anilines is 1. The second kappa shape index (κ2) is 9.81. The van der Waals surface area contributed by atoms with Crippen LogP contribution >= 0.6 is 11.9 Å². The number of rotatable bonds is 5. The van der Waals surface area contributed by atoms with Crippen LogP contribution in [0.1, 0.15) is 24.0 Å². The molecule has 2 fully saturated rings. The molecule has 0 unspecified atom stereocenters. The monoisotopic (exact) mass is 425 g/mol. The molecule has 0 atom stereocenters. The van der Waals surface area contributed by atoms with E-state index >= 15 is 0 Å². The standard InChI is InChI=1S/C23H31N5OS/c1-18-4-2-3-5-21(18)30-28-14-12-27(13-15-28)23(29)20-7-10-26(11-8-20)17-19-6-9-25-22(24)16-19/h2-6,9,16,20H,7-8,10-15,17H2,1H3,(H2,24,25).